The van der Waals surface area contributed by atoms with E-state index < -0.39 is 0 Å². The monoisotopic (exact) mass is 218 g/mol. The molecule has 89 valence electrons. The number of hydrogen-bond donors (Lipinski definition) is 0. The Morgan fingerprint density at radius 3 is 2.31 bits per heavy atom. The molecular weight excluding hydrogens is 194 g/mol. The lowest BCUT2D eigenvalue weighted by Gasteiger charge is -2.26. The summed E-state index contributed by atoms with van der Waals surface area (Å²) in [6.45, 7) is 8.91. The summed E-state index contributed by atoms with van der Waals surface area (Å²) in [6.07, 6.45) is 3.90. The van der Waals surface area contributed by atoms with E-state index in [0.717, 1.165) is 6.54 Å². The van der Waals surface area contributed by atoms with E-state index >= 15 is 0 Å². The maximum absolute atomic E-state index is 2.48. The zero-order valence-corrected chi connectivity index (χ0v) is 10.9. The van der Waals surface area contributed by atoms with E-state index in [1.165, 1.54) is 37.4 Å². The number of anilines is 1. The Morgan fingerprint density at radius 2 is 1.75 bits per heavy atom. The zero-order chi connectivity index (χ0) is 11.8. The van der Waals surface area contributed by atoms with Gasteiger partial charge in [0.05, 0.1) is 0 Å². The van der Waals surface area contributed by atoms with Crippen LogP contribution in [-0.2, 0) is 0 Å². The first-order valence-electron chi connectivity index (χ1n) is 6.33. The molecule has 0 unspecified atom stereocenters. The smallest absolute Gasteiger partial charge is 0.0366 e. The van der Waals surface area contributed by atoms with Crippen LogP contribution < -0.4 is 4.90 Å². The van der Waals surface area contributed by atoms with Crippen LogP contribution in [0, 0.1) is 5.92 Å². The van der Waals surface area contributed by atoms with Crippen molar-refractivity contribution in [1.82, 2.24) is 0 Å². The van der Waals surface area contributed by atoms with Crippen LogP contribution in [0.2, 0.25) is 0 Å². The molecule has 0 heterocycles. The Balaban J connectivity index is 2.56. The minimum atomic E-state index is 1.08. The van der Waals surface area contributed by atoms with Crippen LogP contribution in [0.25, 0.3) is 0 Å². The second-order valence-corrected chi connectivity index (χ2v) is 4.67. The number of para-hydroxylation sites is 1. The van der Waals surface area contributed by atoms with Crippen LogP contribution in [0.1, 0.15) is 40.0 Å². The van der Waals surface area contributed by atoms with Gasteiger partial charge in [0.1, 0.15) is 0 Å². The number of unbranched alkanes of at least 4 members (excludes halogenated alkanes) is 2. The van der Waals surface area contributed by atoms with E-state index in [1.54, 1.807) is 0 Å². The molecule has 1 aromatic rings. The van der Waals surface area contributed by atoms with Gasteiger partial charge in [0, 0.05) is 18.8 Å². The molecular formula is C15H24N. The fourth-order valence-electron chi connectivity index (χ4n) is 1.87. The van der Waals surface area contributed by atoms with Gasteiger partial charge in [-0.05, 0) is 24.5 Å². The van der Waals surface area contributed by atoms with Crippen LogP contribution >= 0.6 is 0 Å². The average Bonchev–Trinajstić information content (AvgIpc) is 2.29. The molecule has 0 atom stereocenters. The summed E-state index contributed by atoms with van der Waals surface area (Å²) in [7, 11) is 0. The highest BCUT2D eigenvalue weighted by Crippen LogP contribution is 2.16. The minimum absolute atomic E-state index is 1.08. The van der Waals surface area contributed by atoms with Gasteiger partial charge in [-0.2, -0.15) is 0 Å². The highest BCUT2D eigenvalue weighted by atomic mass is 15.1. The first-order valence-corrected chi connectivity index (χ1v) is 6.33. The second-order valence-electron chi connectivity index (χ2n) is 4.67. The number of nitrogens with zero attached hydrogens (tertiary/aromatic N) is 1. The van der Waals surface area contributed by atoms with E-state index in [2.05, 4.69) is 56.0 Å². The quantitative estimate of drug-likeness (QED) is 0.617. The van der Waals surface area contributed by atoms with Gasteiger partial charge in [-0.1, -0.05) is 51.8 Å². The molecule has 0 aliphatic heterocycles. The van der Waals surface area contributed by atoms with E-state index in [4.69, 9.17) is 0 Å². The zero-order valence-electron chi connectivity index (χ0n) is 10.9. The van der Waals surface area contributed by atoms with Crippen molar-refractivity contribution >= 4 is 5.69 Å². The highest BCUT2D eigenvalue weighted by molar-refractivity contribution is 5.46. The van der Waals surface area contributed by atoms with Crippen molar-refractivity contribution in [2.24, 2.45) is 0 Å². The Bertz CT molecular complexity index is 266. The van der Waals surface area contributed by atoms with Gasteiger partial charge in [-0.3, -0.25) is 0 Å². The molecule has 0 saturated heterocycles. The molecule has 0 N–H and O–H groups in total. The van der Waals surface area contributed by atoms with Crippen LogP contribution in [0.5, 0.6) is 0 Å². The summed E-state index contributed by atoms with van der Waals surface area (Å²) < 4.78 is 0. The standard InChI is InChI=1S/C15H24N/c1-4-5-9-12-16(13-14(2)3)15-10-7-6-8-11-15/h6-8,10-11H,4-5,9,12-13H2,1-3H3. The van der Waals surface area contributed by atoms with Gasteiger partial charge in [-0.25, -0.2) is 0 Å². The largest absolute Gasteiger partial charge is 0.371 e. The predicted molar refractivity (Wildman–Crippen MR) is 72.8 cm³/mol. The van der Waals surface area contributed by atoms with E-state index in [0.29, 0.717) is 0 Å². The Labute approximate surface area is 100 Å². The Morgan fingerprint density at radius 1 is 1.06 bits per heavy atom. The van der Waals surface area contributed by atoms with Gasteiger partial charge in [0.2, 0.25) is 0 Å². The summed E-state index contributed by atoms with van der Waals surface area (Å²) in [4.78, 5) is 2.48. The summed E-state index contributed by atoms with van der Waals surface area (Å²) in [5.41, 5.74) is 1.35. The molecule has 0 saturated carbocycles. The van der Waals surface area contributed by atoms with E-state index in [-0.39, 0.29) is 0 Å². The molecule has 1 rings (SSSR count). The van der Waals surface area contributed by atoms with Gasteiger partial charge in [-0.15, -0.1) is 0 Å². The summed E-state index contributed by atoms with van der Waals surface area (Å²) in [6, 6.07) is 10.7. The van der Waals surface area contributed by atoms with Crippen molar-refractivity contribution in [3.63, 3.8) is 0 Å². The lowest BCUT2D eigenvalue weighted by atomic mass is 10.1. The van der Waals surface area contributed by atoms with Crippen molar-refractivity contribution in [3.05, 3.63) is 36.2 Å². The van der Waals surface area contributed by atoms with Crippen LogP contribution in [0.15, 0.2) is 30.3 Å². The maximum atomic E-state index is 2.48. The third-order valence-electron chi connectivity index (χ3n) is 2.66. The van der Waals surface area contributed by atoms with Crippen molar-refractivity contribution in [1.29, 1.82) is 0 Å². The molecule has 1 heteroatoms. The molecule has 0 amide bonds. The molecule has 0 aliphatic carbocycles. The van der Waals surface area contributed by atoms with Crippen molar-refractivity contribution in [2.75, 3.05) is 18.0 Å². The van der Waals surface area contributed by atoms with E-state index in [1.807, 2.05) is 0 Å². The van der Waals surface area contributed by atoms with Gasteiger partial charge < -0.3 is 4.90 Å². The summed E-state index contributed by atoms with van der Waals surface area (Å²) in [5, 5.41) is 0. The SMILES string of the molecule is CCCCCN(C[C](C)C)c1ccccc1. The summed E-state index contributed by atoms with van der Waals surface area (Å²) in [5.74, 6) is 1.47. The van der Waals surface area contributed by atoms with Gasteiger partial charge in [0.15, 0.2) is 0 Å². The molecule has 0 fully saturated rings. The normalized spacial score (nSPS) is 10.8. The molecule has 1 nitrogen and oxygen atoms in total. The summed E-state index contributed by atoms with van der Waals surface area (Å²) >= 11 is 0. The van der Waals surface area contributed by atoms with Crippen molar-refractivity contribution in [2.45, 2.75) is 40.0 Å². The first kappa shape index (κ1) is 13.1. The second kappa shape index (κ2) is 7.32. The minimum Gasteiger partial charge on any atom is -0.371 e. The topological polar surface area (TPSA) is 3.24 Å². The molecule has 16 heavy (non-hydrogen) atoms. The van der Waals surface area contributed by atoms with Crippen LogP contribution in [0.3, 0.4) is 0 Å². The Hall–Kier alpha value is -0.980. The lowest BCUT2D eigenvalue weighted by Crippen LogP contribution is -2.27. The number of benzene rings is 1. The first-order chi connectivity index (χ1) is 7.74. The fraction of sp³-hybridized carbons (Fsp3) is 0.533. The maximum Gasteiger partial charge on any atom is 0.0366 e. The van der Waals surface area contributed by atoms with E-state index in [9.17, 15) is 0 Å². The van der Waals surface area contributed by atoms with Crippen LogP contribution in [-0.4, -0.2) is 13.1 Å². The van der Waals surface area contributed by atoms with Crippen molar-refractivity contribution in [3.8, 4) is 0 Å². The van der Waals surface area contributed by atoms with Crippen molar-refractivity contribution < 1.29 is 0 Å². The third-order valence-corrected chi connectivity index (χ3v) is 2.66. The lowest BCUT2D eigenvalue weighted by molar-refractivity contribution is 0.677. The molecule has 0 spiro atoms. The predicted octanol–water partition coefficient (Wildman–Crippen LogP) is 4.30. The molecule has 1 radical (unpaired) electrons. The van der Waals surface area contributed by atoms with Gasteiger partial charge >= 0.3 is 0 Å². The fourth-order valence-corrected chi connectivity index (χ4v) is 1.87. The number of hydrogen-bond acceptors (Lipinski definition) is 1. The molecule has 0 bridgehead atoms. The average molecular weight is 218 g/mol. The highest BCUT2D eigenvalue weighted by Gasteiger charge is 2.07. The third kappa shape index (κ3) is 4.69. The molecule has 0 aromatic heterocycles. The van der Waals surface area contributed by atoms with Gasteiger partial charge in [0.25, 0.3) is 0 Å². The number of rotatable bonds is 7. The molecule has 0 aliphatic rings. The Kier molecular flexibility index (Phi) is 5.99. The van der Waals surface area contributed by atoms with Crippen LogP contribution in [0.4, 0.5) is 5.69 Å². The molecule has 1 aromatic carbocycles.